The van der Waals surface area contributed by atoms with Crippen LogP contribution < -0.4 is 11.1 Å². The number of carbonyl (C=O) groups excluding carboxylic acids is 1. The van der Waals surface area contributed by atoms with Crippen LogP contribution in [0.5, 0.6) is 0 Å². The summed E-state index contributed by atoms with van der Waals surface area (Å²) in [6.45, 7) is 11.0. The van der Waals surface area contributed by atoms with Crippen LogP contribution in [0.15, 0.2) is 12.1 Å². The second kappa shape index (κ2) is 5.32. The summed E-state index contributed by atoms with van der Waals surface area (Å²) in [5.41, 5.74) is 7.61. The van der Waals surface area contributed by atoms with Gasteiger partial charge in [0, 0.05) is 17.3 Å². The number of nitrogens with one attached hydrogen (secondary N) is 1. The number of nitrogens with zero attached hydrogens (tertiary/aromatic N) is 1. The molecule has 0 spiro atoms. The van der Waals surface area contributed by atoms with Gasteiger partial charge < -0.3 is 11.1 Å². The number of aryl methyl sites for hydroxylation is 1. The number of amides is 1. The first kappa shape index (κ1) is 15.8. The fourth-order valence-electron chi connectivity index (χ4n) is 4.04. The lowest BCUT2D eigenvalue weighted by atomic mass is 9.63. The first-order valence-corrected chi connectivity index (χ1v) is 7.61. The van der Waals surface area contributed by atoms with E-state index in [9.17, 15) is 4.79 Å². The van der Waals surface area contributed by atoms with E-state index in [-0.39, 0.29) is 22.8 Å². The monoisotopic (exact) mass is 289 g/mol. The molecule has 1 aromatic rings. The lowest BCUT2D eigenvalue weighted by molar-refractivity contribution is 0.0713. The van der Waals surface area contributed by atoms with E-state index in [1.165, 1.54) is 6.42 Å². The number of anilines is 1. The van der Waals surface area contributed by atoms with Crippen LogP contribution >= 0.6 is 0 Å². The zero-order valence-corrected chi connectivity index (χ0v) is 13.8. The number of nitrogens with two attached hydrogens (primary N) is 1. The van der Waals surface area contributed by atoms with Gasteiger partial charge in [-0.15, -0.1) is 0 Å². The van der Waals surface area contributed by atoms with E-state index in [1.54, 1.807) is 12.1 Å². The third-order valence-corrected chi connectivity index (χ3v) is 4.13. The van der Waals surface area contributed by atoms with Crippen LogP contribution in [0.1, 0.15) is 63.0 Å². The van der Waals surface area contributed by atoms with E-state index in [2.05, 4.69) is 38.0 Å². The molecule has 1 saturated carbocycles. The Bertz CT molecular complexity index is 513. The molecule has 4 nitrogen and oxygen atoms in total. The molecule has 4 heteroatoms. The Balaban J connectivity index is 2.12. The molecule has 116 valence electrons. The van der Waals surface area contributed by atoms with Gasteiger partial charge >= 0.3 is 0 Å². The van der Waals surface area contributed by atoms with Crippen molar-refractivity contribution in [3.8, 4) is 0 Å². The summed E-state index contributed by atoms with van der Waals surface area (Å²) in [7, 11) is 0. The van der Waals surface area contributed by atoms with Gasteiger partial charge in [-0.3, -0.25) is 4.79 Å². The summed E-state index contributed by atoms with van der Waals surface area (Å²) in [4.78, 5) is 16.6. The lowest BCUT2D eigenvalue weighted by Gasteiger charge is -2.45. The minimum absolute atomic E-state index is 0.0503. The fourth-order valence-corrected chi connectivity index (χ4v) is 4.04. The van der Waals surface area contributed by atoms with Crippen LogP contribution in [0.25, 0.3) is 0 Å². The van der Waals surface area contributed by atoms with Crippen LogP contribution in [0.3, 0.4) is 0 Å². The molecule has 1 heterocycles. The van der Waals surface area contributed by atoms with Gasteiger partial charge in [0.15, 0.2) is 0 Å². The zero-order valence-electron chi connectivity index (χ0n) is 13.8. The summed E-state index contributed by atoms with van der Waals surface area (Å²) in [6, 6.07) is 3.64. The third-order valence-electron chi connectivity index (χ3n) is 4.13. The number of carbonyl (C=O) groups is 1. The molecule has 1 amide bonds. The van der Waals surface area contributed by atoms with Crippen molar-refractivity contribution < 1.29 is 4.79 Å². The predicted octanol–water partition coefficient (Wildman–Crippen LogP) is 3.31. The van der Waals surface area contributed by atoms with Crippen molar-refractivity contribution in [2.24, 2.45) is 10.8 Å². The normalized spacial score (nSPS) is 21.0. The second-order valence-electron chi connectivity index (χ2n) is 8.01. The van der Waals surface area contributed by atoms with Crippen molar-refractivity contribution in [2.75, 3.05) is 5.73 Å². The number of hydrogen-bond donors (Lipinski definition) is 2. The standard InChI is InChI=1S/C17H27N3O/c1-11-6-12(7-14(18)19-11)15(21)20-13-8-16(2,3)10-17(4,5)9-13/h6-7,13H,8-10H2,1-5H3,(H2,18,19)(H,20,21). The topological polar surface area (TPSA) is 68.0 Å². The smallest absolute Gasteiger partial charge is 0.251 e. The quantitative estimate of drug-likeness (QED) is 0.877. The number of hydrogen-bond acceptors (Lipinski definition) is 3. The Morgan fingerprint density at radius 1 is 1.24 bits per heavy atom. The summed E-state index contributed by atoms with van der Waals surface area (Å²) < 4.78 is 0. The Labute approximate surface area is 127 Å². The van der Waals surface area contributed by atoms with Crippen LogP contribution in [0, 0.1) is 17.8 Å². The van der Waals surface area contributed by atoms with Gasteiger partial charge in [-0.25, -0.2) is 4.98 Å². The van der Waals surface area contributed by atoms with Gasteiger partial charge in [-0.05, 0) is 49.1 Å². The largest absolute Gasteiger partial charge is 0.384 e. The Kier molecular flexibility index (Phi) is 4.00. The van der Waals surface area contributed by atoms with Crippen molar-refractivity contribution in [3.63, 3.8) is 0 Å². The minimum atomic E-state index is -0.0503. The van der Waals surface area contributed by atoms with E-state index < -0.39 is 0 Å². The SMILES string of the molecule is Cc1cc(C(=O)NC2CC(C)(C)CC(C)(C)C2)cc(N)n1. The molecule has 2 rings (SSSR count). The zero-order chi connectivity index (χ0) is 15.8. The molecule has 1 fully saturated rings. The maximum Gasteiger partial charge on any atom is 0.251 e. The minimum Gasteiger partial charge on any atom is -0.384 e. The Morgan fingerprint density at radius 2 is 1.81 bits per heavy atom. The highest BCUT2D eigenvalue weighted by Crippen LogP contribution is 2.45. The molecule has 1 aromatic heterocycles. The van der Waals surface area contributed by atoms with Gasteiger partial charge in [-0.1, -0.05) is 27.7 Å². The number of aromatic nitrogens is 1. The highest BCUT2D eigenvalue weighted by molar-refractivity contribution is 5.95. The van der Waals surface area contributed by atoms with Crippen LogP contribution in [-0.2, 0) is 0 Å². The molecule has 0 unspecified atom stereocenters. The summed E-state index contributed by atoms with van der Waals surface area (Å²) in [5.74, 6) is 0.343. The van der Waals surface area contributed by atoms with Gasteiger partial charge in [0.1, 0.15) is 5.82 Å². The molecule has 1 aliphatic rings. The van der Waals surface area contributed by atoms with E-state index in [1.807, 2.05) is 6.92 Å². The predicted molar refractivity (Wildman–Crippen MR) is 86.1 cm³/mol. The third kappa shape index (κ3) is 4.19. The van der Waals surface area contributed by atoms with Gasteiger partial charge in [-0.2, -0.15) is 0 Å². The van der Waals surface area contributed by atoms with Crippen LogP contribution in [0.2, 0.25) is 0 Å². The maximum atomic E-state index is 12.4. The molecule has 3 N–H and O–H groups in total. The van der Waals surface area contributed by atoms with Gasteiger partial charge in [0.2, 0.25) is 0 Å². The summed E-state index contributed by atoms with van der Waals surface area (Å²) >= 11 is 0. The van der Waals surface area contributed by atoms with Crippen molar-refractivity contribution in [2.45, 2.75) is 59.9 Å². The Morgan fingerprint density at radius 3 is 2.33 bits per heavy atom. The van der Waals surface area contributed by atoms with E-state index in [0.717, 1.165) is 18.5 Å². The van der Waals surface area contributed by atoms with Gasteiger partial charge in [0.05, 0.1) is 0 Å². The molecule has 0 saturated heterocycles. The molecule has 0 aromatic carbocycles. The van der Waals surface area contributed by atoms with Crippen LogP contribution in [-0.4, -0.2) is 16.9 Å². The van der Waals surface area contributed by atoms with E-state index >= 15 is 0 Å². The molecule has 1 aliphatic carbocycles. The molecule has 0 aliphatic heterocycles. The molecule has 0 atom stereocenters. The Hall–Kier alpha value is -1.58. The fraction of sp³-hybridized carbons (Fsp3) is 0.647. The first-order chi connectivity index (χ1) is 9.56. The summed E-state index contributed by atoms with van der Waals surface area (Å²) in [5, 5.41) is 3.18. The lowest BCUT2D eigenvalue weighted by Crippen LogP contribution is -2.46. The van der Waals surface area contributed by atoms with E-state index in [0.29, 0.717) is 11.4 Å². The van der Waals surface area contributed by atoms with Crippen molar-refractivity contribution in [3.05, 3.63) is 23.4 Å². The molecule has 0 radical (unpaired) electrons. The van der Waals surface area contributed by atoms with E-state index in [4.69, 9.17) is 5.73 Å². The molecular formula is C17H27N3O. The molecular weight excluding hydrogens is 262 g/mol. The van der Waals surface area contributed by atoms with Crippen LogP contribution in [0.4, 0.5) is 5.82 Å². The molecule has 21 heavy (non-hydrogen) atoms. The second-order valence-corrected chi connectivity index (χ2v) is 8.01. The highest BCUT2D eigenvalue weighted by Gasteiger charge is 2.38. The van der Waals surface area contributed by atoms with Gasteiger partial charge in [0.25, 0.3) is 5.91 Å². The average Bonchev–Trinajstić information content (AvgIpc) is 2.22. The molecule has 0 bridgehead atoms. The number of pyridine rings is 1. The maximum absolute atomic E-state index is 12.4. The average molecular weight is 289 g/mol. The highest BCUT2D eigenvalue weighted by atomic mass is 16.1. The van der Waals surface area contributed by atoms with Crippen molar-refractivity contribution >= 4 is 11.7 Å². The first-order valence-electron chi connectivity index (χ1n) is 7.61. The number of nitrogen functional groups attached to an aromatic ring is 1. The summed E-state index contributed by atoms with van der Waals surface area (Å²) in [6.07, 6.45) is 3.22. The van der Waals surface area contributed by atoms with Crippen molar-refractivity contribution in [1.82, 2.24) is 10.3 Å². The van der Waals surface area contributed by atoms with Crippen molar-refractivity contribution in [1.29, 1.82) is 0 Å². The number of rotatable bonds is 2.